The number of hydrogen-bond acceptors (Lipinski definition) is 3. The lowest BCUT2D eigenvalue weighted by Crippen LogP contribution is -2.24. The average molecular weight is 273 g/mol. The number of hydrogen-bond donors (Lipinski definition) is 1. The molecular weight excluding hydrogens is 250 g/mol. The van der Waals surface area contributed by atoms with Crippen LogP contribution in [0.3, 0.4) is 0 Å². The number of aliphatic hydroxyl groups is 1. The van der Waals surface area contributed by atoms with Crippen molar-refractivity contribution in [2.75, 3.05) is 6.61 Å². The van der Waals surface area contributed by atoms with Gasteiger partial charge < -0.3 is 9.84 Å². The summed E-state index contributed by atoms with van der Waals surface area (Å²) in [7, 11) is 0. The van der Waals surface area contributed by atoms with Gasteiger partial charge in [0.25, 0.3) is 0 Å². The third-order valence-corrected chi connectivity index (χ3v) is 4.19. The predicted molar refractivity (Wildman–Crippen MR) is 78.2 cm³/mol. The number of aliphatic hydroxyl groups excluding tert-OH is 1. The van der Waals surface area contributed by atoms with E-state index in [1.807, 2.05) is 24.3 Å². The Morgan fingerprint density at radius 1 is 1.55 bits per heavy atom. The van der Waals surface area contributed by atoms with Gasteiger partial charge in [-0.25, -0.2) is 0 Å². The summed E-state index contributed by atoms with van der Waals surface area (Å²) >= 11 is 0. The maximum absolute atomic E-state index is 10.7. The maximum atomic E-state index is 10.7. The SMILES string of the molecule is CCCOc1cccc(C(O)C2(C#N)CCC(C)C2)c1. The van der Waals surface area contributed by atoms with Gasteiger partial charge in [0.05, 0.1) is 24.2 Å². The summed E-state index contributed by atoms with van der Waals surface area (Å²) in [6.07, 6.45) is 2.77. The summed E-state index contributed by atoms with van der Waals surface area (Å²) in [5.74, 6) is 1.27. The summed E-state index contributed by atoms with van der Waals surface area (Å²) in [6.45, 7) is 4.87. The minimum atomic E-state index is -0.734. The molecule has 3 nitrogen and oxygen atoms in total. The molecule has 1 N–H and O–H groups in total. The predicted octanol–water partition coefficient (Wildman–Crippen LogP) is 3.84. The summed E-state index contributed by atoms with van der Waals surface area (Å²) in [5, 5.41) is 20.2. The summed E-state index contributed by atoms with van der Waals surface area (Å²) in [5.41, 5.74) is 0.150. The van der Waals surface area contributed by atoms with E-state index in [2.05, 4.69) is 19.9 Å². The van der Waals surface area contributed by atoms with E-state index in [4.69, 9.17) is 4.74 Å². The largest absolute Gasteiger partial charge is 0.494 e. The van der Waals surface area contributed by atoms with Crippen molar-refractivity contribution < 1.29 is 9.84 Å². The van der Waals surface area contributed by atoms with Crippen molar-refractivity contribution in [1.29, 1.82) is 5.26 Å². The first-order valence-corrected chi connectivity index (χ1v) is 7.43. The fourth-order valence-corrected chi connectivity index (χ4v) is 3.05. The molecule has 0 saturated heterocycles. The molecular formula is C17H23NO2. The maximum Gasteiger partial charge on any atom is 0.119 e. The van der Waals surface area contributed by atoms with Crippen molar-refractivity contribution in [2.45, 2.75) is 45.6 Å². The van der Waals surface area contributed by atoms with Gasteiger partial charge >= 0.3 is 0 Å². The first-order valence-electron chi connectivity index (χ1n) is 7.43. The second kappa shape index (κ2) is 6.28. The molecule has 1 saturated carbocycles. The van der Waals surface area contributed by atoms with Crippen molar-refractivity contribution in [3.05, 3.63) is 29.8 Å². The molecule has 0 spiro atoms. The van der Waals surface area contributed by atoms with Gasteiger partial charge in [-0.2, -0.15) is 5.26 Å². The Hall–Kier alpha value is -1.53. The molecule has 1 fully saturated rings. The van der Waals surface area contributed by atoms with Gasteiger partial charge in [-0.3, -0.25) is 0 Å². The average Bonchev–Trinajstić information content (AvgIpc) is 2.87. The lowest BCUT2D eigenvalue weighted by atomic mass is 9.78. The molecule has 0 amide bonds. The van der Waals surface area contributed by atoms with E-state index in [0.29, 0.717) is 12.5 Å². The minimum Gasteiger partial charge on any atom is -0.494 e. The lowest BCUT2D eigenvalue weighted by molar-refractivity contribution is 0.0645. The molecule has 0 heterocycles. The van der Waals surface area contributed by atoms with Gasteiger partial charge in [0.1, 0.15) is 5.75 Å². The smallest absolute Gasteiger partial charge is 0.119 e. The fraction of sp³-hybridized carbons (Fsp3) is 0.588. The monoisotopic (exact) mass is 273 g/mol. The second-order valence-corrected chi connectivity index (χ2v) is 5.94. The van der Waals surface area contributed by atoms with Gasteiger partial charge in [0, 0.05) is 0 Å². The molecule has 20 heavy (non-hydrogen) atoms. The van der Waals surface area contributed by atoms with Crippen LogP contribution in [0.4, 0.5) is 0 Å². The van der Waals surface area contributed by atoms with E-state index in [9.17, 15) is 10.4 Å². The highest BCUT2D eigenvalue weighted by atomic mass is 16.5. The molecule has 3 unspecified atom stereocenters. The Morgan fingerprint density at radius 3 is 2.95 bits per heavy atom. The highest BCUT2D eigenvalue weighted by molar-refractivity contribution is 5.32. The van der Waals surface area contributed by atoms with Crippen LogP contribution in [0.25, 0.3) is 0 Å². The molecule has 1 aliphatic carbocycles. The van der Waals surface area contributed by atoms with Crippen molar-refractivity contribution in [1.82, 2.24) is 0 Å². The molecule has 0 aromatic heterocycles. The zero-order valence-electron chi connectivity index (χ0n) is 12.3. The highest BCUT2D eigenvalue weighted by Crippen LogP contribution is 2.49. The molecule has 0 radical (unpaired) electrons. The summed E-state index contributed by atoms with van der Waals surface area (Å²) in [4.78, 5) is 0. The molecule has 108 valence electrons. The third-order valence-electron chi connectivity index (χ3n) is 4.19. The molecule has 0 aliphatic heterocycles. The second-order valence-electron chi connectivity index (χ2n) is 5.94. The number of nitrogens with zero attached hydrogens (tertiary/aromatic N) is 1. The fourth-order valence-electron chi connectivity index (χ4n) is 3.05. The van der Waals surface area contributed by atoms with Gasteiger partial charge in [-0.05, 0) is 49.3 Å². The van der Waals surface area contributed by atoms with Crippen LogP contribution in [0.1, 0.15) is 51.2 Å². The van der Waals surface area contributed by atoms with E-state index < -0.39 is 11.5 Å². The molecule has 1 aromatic rings. The zero-order valence-corrected chi connectivity index (χ0v) is 12.3. The zero-order chi connectivity index (χ0) is 14.6. The van der Waals surface area contributed by atoms with Gasteiger partial charge in [0.2, 0.25) is 0 Å². The Labute approximate surface area is 121 Å². The first-order chi connectivity index (χ1) is 9.61. The van der Waals surface area contributed by atoms with E-state index in [1.54, 1.807) is 0 Å². The van der Waals surface area contributed by atoms with Crippen LogP contribution in [0.5, 0.6) is 5.75 Å². The number of benzene rings is 1. The molecule has 1 aliphatic rings. The van der Waals surface area contributed by atoms with Gasteiger partial charge in [0.15, 0.2) is 0 Å². The van der Waals surface area contributed by atoms with Crippen molar-refractivity contribution in [3.63, 3.8) is 0 Å². The molecule has 2 rings (SSSR count). The first kappa shape index (κ1) is 14.9. The normalized spacial score (nSPS) is 27.0. The topological polar surface area (TPSA) is 53.2 Å². The Balaban J connectivity index is 2.20. The Kier molecular flexibility index (Phi) is 4.67. The molecule has 1 aromatic carbocycles. The van der Waals surface area contributed by atoms with Crippen molar-refractivity contribution in [2.24, 2.45) is 11.3 Å². The lowest BCUT2D eigenvalue weighted by Gasteiger charge is -2.27. The van der Waals surface area contributed by atoms with Crippen LogP contribution in [0, 0.1) is 22.7 Å². The number of ether oxygens (including phenoxy) is 1. The van der Waals surface area contributed by atoms with Crippen LogP contribution < -0.4 is 4.74 Å². The van der Waals surface area contributed by atoms with E-state index >= 15 is 0 Å². The molecule has 3 atom stereocenters. The summed E-state index contributed by atoms with van der Waals surface area (Å²) < 4.78 is 5.60. The Morgan fingerprint density at radius 2 is 2.35 bits per heavy atom. The van der Waals surface area contributed by atoms with Crippen molar-refractivity contribution in [3.8, 4) is 11.8 Å². The van der Waals surface area contributed by atoms with Gasteiger partial charge in [-0.1, -0.05) is 26.0 Å². The Bertz CT molecular complexity index is 494. The van der Waals surface area contributed by atoms with E-state index in [1.165, 1.54) is 0 Å². The molecule has 0 bridgehead atoms. The van der Waals surface area contributed by atoms with Crippen LogP contribution in [-0.4, -0.2) is 11.7 Å². The van der Waals surface area contributed by atoms with E-state index in [0.717, 1.165) is 37.0 Å². The van der Waals surface area contributed by atoms with Crippen molar-refractivity contribution >= 4 is 0 Å². The minimum absolute atomic E-state index is 0.504. The van der Waals surface area contributed by atoms with Crippen LogP contribution in [-0.2, 0) is 0 Å². The quantitative estimate of drug-likeness (QED) is 0.886. The van der Waals surface area contributed by atoms with E-state index in [-0.39, 0.29) is 0 Å². The number of nitriles is 1. The number of rotatable bonds is 5. The standard InChI is InChI=1S/C17H23NO2/c1-3-9-20-15-6-4-5-14(10-15)16(19)17(12-18)8-7-13(2)11-17/h4-6,10,13,16,19H,3,7-9,11H2,1-2H3. The van der Waals surface area contributed by atoms with Gasteiger partial charge in [-0.15, -0.1) is 0 Å². The van der Waals surface area contributed by atoms with Crippen LogP contribution in [0.2, 0.25) is 0 Å². The summed E-state index contributed by atoms with van der Waals surface area (Å²) in [6, 6.07) is 9.89. The third kappa shape index (κ3) is 2.96. The highest BCUT2D eigenvalue weighted by Gasteiger charge is 2.44. The van der Waals surface area contributed by atoms with Crippen LogP contribution >= 0.6 is 0 Å². The van der Waals surface area contributed by atoms with Crippen LogP contribution in [0.15, 0.2) is 24.3 Å². The molecule has 3 heteroatoms.